The van der Waals surface area contributed by atoms with Gasteiger partial charge in [-0.25, -0.2) is 0 Å². The lowest BCUT2D eigenvalue weighted by molar-refractivity contribution is 0.203. The summed E-state index contributed by atoms with van der Waals surface area (Å²) in [7, 11) is 1.89. The molecular weight excluding hydrogens is 288 g/mol. The van der Waals surface area contributed by atoms with E-state index < -0.39 is 0 Å². The summed E-state index contributed by atoms with van der Waals surface area (Å²) >= 11 is 0. The first kappa shape index (κ1) is 16.3. The van der Waals surface area contributed by atoms with Crippen molar-refractivity contribution in [3.8, 4) is 0 Å². The summed E-state index contributed by atoms with van der Waals surface area (Å²) in [5.74, 6) is 1.99. The van der Waals surface area contributed by atoms with E-state index in [2.05, 4.69) is 20.4 Å². The average Bonchev–Trinajstić information content (AvgIpc) is 3.10. The molecule has 1 aliphatic carbocycles. The molecule has 0 radical (unpaired) electrons. The van der Waals surface area contributed by atoms with E-state index in [9.17, 15) is 0 Å². The van der Waals surface area contributed by atoms with Crippen LogP contribution in [0.1, 0.15) is 55.5 Å². The second kappa shape index (κ2) is 6.93. The average molecular weight is 318 g/mol. The molecule has 5 heteroatoms. The first-order valence-corrected chi connectivity index (χ1v) is 9.01. The summed E-state index contributed by atoms with van der Waals surface area (Å²) in [6.07, 6.45) is 9.31. The van der Waals surface area contributed by atoms with Crippen LogP contribution < -0.4 is 5.32 Å². The number of nitrogens with zero attached hydrogens (tertiary/aromatic N) is 3. The second-order valence-corrected chi connectivity index (χ2v) is 7.26. The molecule has 2 aliphatic rings. The molecule has 1 spiro atoms. The molecule has 23 heavy (non-hydrogen) atoms. The van der Waals surface area contributed by atoms with Gasteiger partial charge in [0.25, 0.3) is 0 Å². The molecule has 3 rings (SSSR count). The topological polar surface area (TPSA) is 53.7 Å². The van der Waals surface area contributed by atoms with Gasteiger partial charge in [0.1, 0.15) is 5.76 Å². The number of aliphatic imine (C=N–C) groups is 1. The number of guanidine groups is 1. The highest BCUT2D eigenvalue weighted by molar-refractivity contribution is 5.80. The molecule has 1 aliphatic heterocycles. The summed E-state index contributed by atoms with van der Waals surface area (Å²) < 4.78 is 5.24. The largest absolute Gasteiger partial charge is 0.361 e. The van der Waals surface area contributed by atoms with Crippen molar-refractivity contribution in [2.24, 2.45) is 10.4 Å². The molecule has 2 heterocycles. The monoisotopic (exact) mass is 318 g/mol. The Morgan fingerprint density at radius 1 is 1.26 bits per heavy atom. The number of hydrogen-bond donors (Lipinski definition) is 1. The molecule has 1 saturated carbocycles. The van der Waals surface area contributed by atoms with Gasteiger partial charge in [-0.15, -0.1) is 0 Å². The maximum Gasteiger partial charge on any atom is 0.193 e. The molecule has 2 fully saturated rings. The van der Waals surface area contributed by atoms with Gasteiger partial charge in [0.15, 0.2) is 5.96 Å². The molecule has 0 aromatic carbocycles. The smallest absolute Gasteiger partial charge is 0.193 e. The zero-order valence-corrected chi connectivity index (χ0v) is 14.8. The van der Waals surface area contributed by atoms with E-state index in [4.69, 9.17) is 4.52 Å². The Kier molecular flexibility index (Phi) is 4.93. The van der Waals surface area contributed by atoms with Crippen molar-refractivity contribution < 1.29 is 4.52 Å². The lowest BCUT2D eigenvalue weighted by Crippen LogP contribution is -2.42. The third kappa shape index (κ3) is 3.54. The summed E-state index contributed by atoms with van der Waals surface area (Å²) in [6.45, 7) is 7.19. The molecule has 1 aromatic heterocycles. The van der Waals surface area contributed by atoms with Crippen LogP contribution in [-0.2, 0) is 6.42 Å². The highest BCUT2D eigenvalue weighted by atomic mass is 16.5. The van der Waals surface area contributed by atoms with E-state index in [0.29, 0.717) is 5.41 Å². The Morgan fingerprint density at radius 2 is 2.04 bits per heavy atom. The second-order valence-electron chi connectivity index (χ2n) is 7.26. The Bertz CT molecular complexity index is 538. The SMILES string of the molecule is CN=C(NCCc1c(C)noc1C)N1CCC2(CCCCC2)C1. The molecule has 5 nitrogen and oxygen atoms in total. The number of likely N-dealkylation sites (tertiary alicyclic amines) is 1. The molecule has 1 N–H and O–H groups in total. The van der Waals surface area contributed by atoms with Gasteiger partial charge in [-0.1, -0.05) is 24.4 Å². The highest BCUT2D eigenvalue weighted by Gasteiger charge is 2.39. The van der Waals surface area contributed by atoms with E-state index in [0.717, 1.165) is 36.9 Å². The van der Waals surface area contributed by atoms with Crippen molar-refractivity contribution in [3.63, 3.8) is 0 Å². The van der Waals surface area contributed by atoms with Gasteiger partial charge in [0.05, 0.1) is 5.69 Å². The van der Waals surface area contributed by atoms with Gasteiger partial charge in [-0.05, 0) is 44.9 Å². The summed E-state index contributed by atoms with van der Waals surface area (Å²) in [4.78, 5) is 6.96. The first-order valence-electron chi connectivity index (χ1n) is 9.01. The van der Waals surface area contributed by atoms with E-state index in [1.54, 1.807) is 0 Å². The summed E-state index contributed by atoms with van der Waals surface area (Å²) in [5.41, 5.74) is 2.79. The fourth-order valence-electron chi connectivity index (χ4n) is 4.32. The van der Waals surface area contributed by atoms with Gasteiger partial charge in [0.2, 0.25) is 0 Å². The fraction of sp³-hybridized carbons (Fsp3) is 0.778. The quantitative estimate of drug-likeness (QED) is 0.687. The standard InChI is InChI=1S/C18H30N4O/c1-14-16(15(2)23-21-14)7-11-20-17(19-3)22-12-10-18(13-22)8-5-4-6-9-18/h4-13H2,1-3H3,(H,19,20). The van der Waals surface area contributed by atoms with E-state index in [-0.39, 0.29) is 0 Å². The number of nitrogens with one attached hydrogen (secondary N) is 1. The third-order valence-electron chi connectivity index (χ3n) is 5.70. The van der Waals surface area contributed by atoms with Crippen molar-refractivity contribution >= 4 is 5.96 Å². The predicted molar refractivity (Wildman–Crippen MR) is 92.8 cm³/mol. The minimum absolute atomic E-state index is 0.567. The van der Waals surface area contributed by atoms with Crippen LogP contribution in [0.4, 0.5) is 0 Å². The molecule has 0 bridgehead atoms. The van der Waals surface area contributed by atoms with Crippen molar-refractivity contribution in [2.45, 2.75) is 58.8 Å². The molecule has 0 unspecified atom stereocenters. The summed E-state index contributed by atoms with van der Waals surface area (Å²) in [6, 6.07) is 0. The van der Waals surface area contributed by atoms with Crippen LogP contribution in [0.15, 0.2) is 9.52 Å². The maximum absolute atomic E-state index is 5.24. The van der Waals surface area contributed by atoms with Crippen molar-refractivity contribution in [2.75, 3.05) is 26.7 Å². The van der Waals surface area contributed by atoms with Crippen LogP contribution in [0.5, 0.6) is 0 Å². The molecule has 1 aromatic rings. The van der Waals surface area contributed by atoms with Crippen molar-refractivity contribution in [3.05, 3.63) is 17.0 Å². The molecule has 1 saturated heterocycles. The predicted octanol–water partition coefficient (Wildman–Crippen LogP) is 3.07. The number of hydrogen-bond acceptors (Lipinski definition) is 3. The highest BCUT2D eigenvalue weighted by Crippen LogP contribution is 2.43. The van der Waals surface area contributed by atoms with Crippen LogP contribution >= 0.6 is 0 Å². The van der Waals surface area contributed by atoms with Gasteiger partial charge in [-0.2, -0.15) is 0 Å². The zero-order valence-electron chi connectivity index (χ0n) is 14.8. The van der Waals surface area contributed by atoms with Crippen molar-refractivity contribution in [1.29, 1.82) is 0 Å². The fourth-order valence-corrected chi connectivity index (χ4v) is 4.32. The Balaban J connectivity index is 1.53. The Morgan fingerprint density at radius 3 is 2.70 bits per heavy atom. The Hall–Kier alpha value is -1.52. The van der Waals surface area contributed by atoms with E-state index in [1.165, 1.54) is 50.6 Å². The van der Waals surface area contributed by atoms with Gasteiger partial charge in [-0.3, -0.25) is 4.99 Å². The van der Waals surface area contributed by atoms with Gasteiger partial charge >= 0.3 is 0 Å². The van der Waals surface area contributed by atoms with E-state index in [1.807, 2.05) is 20.9 Å². The van der Waals surface area contributed by atoms with Crippen LogP contribution in [0, 0.1) is 19.3 Å². The van der Waals surface area contributed by atoms with Crippen LogP contribution in [0.25, 0.3) is 0 Å². The number of rotatable bonds is 3. The molecule has 0 amide bonds. The van der Waals surface area contributed by atoms with Crippen LogP contribution in [-0.4, -0.2) is 42.7 Å². The molecule has 128 valence electrons. The third-order valence-corrected chi connectivity index (χ3v) is 5.70. The minimum atomic E-state index is 0.567. The minimum Gasteiger partial charge on any atom is -0.361 e. The zero-order chi connectivity index (χ0) is 16.3. The lowest BCUT2D eigenvalue weighted by atomic mass is 9.73. The van der Waals surface area contributed by atoms with Crippen LogP contribution in [0.3, 0.4) is 0 Å². The number of aryl methyl sites for hydroxylation is 2. The maximum atomic E-state index is 5.24. The normalized spacial score (nSPS) is 21.2. The number of aromatic nitrogens is 1. The lowest BCUT2D eigenvalue weighted by Gasteiger charge is -2.33. The summed E-state index contributed by atoms with van der Waals surface area (Å²) in [5, 5.41) is 7.56. The van der Waals surface area contributed by atoms with Gasteiger partial charge < -0.3 is 14.7 Å². The molecular formula is C18H30N4O. The van der Waals surface area contributed by atoms with Crippen LogP contribution in [0.2, 0.25) is 0 Å². The Labute approximate surface area is 139 Å². The van der Waals surface area contributed by atoms with E-state index >= 15 is 0 Å². The first-order chi connectivity index (χ1) is 11.1. The molecule has 0 atom stereocenters. The van der Waals surface area contributed by atoms with Crippen molar-refractivity contribution in [1.82, 2.24) is 15.4 Å². The van der Waals surface area contributed by atoms with Gasteiger partial charge in [0, 0.05) is 32.2 Å².